The van der Waals surface area contributed by atoms with Crippen LogP contribution in [0.3, 0.4) is 0 Å². The highest BCUT2D eigenvalue weighted by molar-refractivity contribution is 5.84. The molecule has 1 amide bonds. The molecule has 1 aromatic heterocycles. The number of carbonyl (C=O) groups excluding carboxylic acids is 1. The van der Waals surface area contributed by atoms with Crippen LogP contribution in [0.4, 0.5) is 0 Å². The molecular formula is C15H27N3O. The average molecular weight is 265 g/mol. The lowest BCUT2D eigenvalue weighted by Gasteiger charge is -2.33. The first-order valence-electron chi connectivity index (χ1n) is 7.00. The van der Waals surface area contributed by atoms with Gasteiger partial charge < -0.3 is 4.90 Å². The van der Waals surface area contributed by atoms with Crippen LogP contribution in [0.1, 0.15) is 57.5 Å². The van der Waals surface area contributed by atoms with Gasteiger partial charge in [0.05, 0.1) is 11.6 Å². The van der Waals surface area contributed by atoms with Gasteiger partial charge in [0.25, 0.3) is 0 Å². The molecule has 1 rings (SSSR count). The number of hydrogen-bond donors (Lipinski definition) is 0. The maximum absolute atomic E-state index is 12.7. The summed E-state index contributed by atoms with van der Waals surface area (Å²) < 4.78 is 1.85. The maximum Gasteiger partial charge on any atom is 0.230 e. The quantitative estimate of drug-likeness (QED) is 0.839. The Labute approximate surface area is 116 Å². The smallest absolute Gasteiger partial charge is 0.230 e. The van der Waals surface area contributed by atoms with Gasteiger partial charge >= 0.3 is 0 Å². The maximum atomic E-state index is 12.7. The third-order valence-electron chi connectivity index (χ3n) is 3.74. The van der Waals surface area contributed by atoms with Crippen molar-refractivity contribution in [3.05, 3.63) is 17.0 Å². The van der Waals surface area contributed by atoms with Gasteiger partial charge in [0, 0.05) is 30.4 Å². The summed E-state index contributed by atoms with van der Waals surface area (Å²) in [6, 6.07) is 0.430. The third kappa shape index (κ3) is 2.99. The number of rotatable bonds is 4. The highest BCUT2D eigenvalue weighted by Gasteiger charge is 2.29. The molecule has 0 fully saturated rings. The molecule has 4 nitrogen and oxygen atoms in total. The fourth-order valence-electron chi connectivity index (χ4n) is 2.87. The van der Waals surface area contributed by atoms with Crippen molar-refractivity contribution in [1.82, 2.24) is 14.7 Å². The van der Waals surface area contributed by atoms with Crippen LogP contribution in [0.25, 0.3) is 0 Å². The fraction of sp³-hybridized carbons (Fsp3) is 0.733. The average Bonchev–Trinajstić information content (AvgIpc) is 2.51. The minimum absolute atomic E-state index is 0.140. The number of aryl methyl sites for hydroxylation is 2. The van der Waals surface area contributed by atoms with Gasteiger partial charge in [0.1, 0.15) is 0 Å². The van der Waals surface area contributed by atoms with Crippen LogP contribution in [0.2, 0.25) is 0 Å². The van der Waals surface area contributed by atoms with E-state index in [1.807, 2.05) is 37.4 Å². The molecule has 19 heavy (non-hydrogen) atoms. The summed E-state index contributed by atoms with van der Waals surface area (Å²) in [5.41, 5.74) is 3.10. The second-order valence-corrected chi connectivity index (χ2v) is 5.86. The molecule has 1 aromatic rings. The van der Waals surface area contributed by atoms with Gasteiger partial charge in [-0.25, -0.2) is 0 Å². The van der Waals surface area contributed by atoms with E-state index in [9.17, 15) is 4.79 Å². The van der Waals surface area contributed by atoms with Crippen molar-refractivity contribution in [2.75, 3.05) is 0 Å². The first kappa shape index (κ1) is 15.7. The predicted molar refractivity (Wildman–Crippen MR) is 78.2 cm³/mol. The summed E-state index contributed by atoms with van der Waals surface area (Å²) in [5.74, 6) is 0.0442. The van der Waals surface area contributed by atoms with E-state index in [1.165, 1.54) is 0 Å². The fourth-order valence-corrected chi connectivity index (χ4v) is 2.87. The Morgan fingerprint density at radius 3 is 1.89 bits per heavy atom. The minimum atomic E-state index is -0.140. The molecule has 0 aliphatic carbocycles. The Balaban J connectivity index is 3.11. The SMILES string of the molecule is Cc1nn(C)c(C)c1C(C)C(=O)N(C(C)C)C(C)C. The van der Waals surface area contributed by atoms with Crippen molar-refractivity contribution >= 4 is 5.91 Å². The molecule has 108 valence electrons. The molecule has 4 heteroatoms. The second kappa shape index (κ2) is 5.76. The van der Waals surface area contributed by atoms with Crippen molar-refractivity contribution in [1.29, 1.82) is 0 Å². The van der Waals surface area contributed by atoms with Gasteiger partial charge in [-0.2, -0.15) is 5.10 Å². The topological polar surface area (TPSA) is 38.1 Å². The predicted octanol–water partition coefficient (Wildman–Crippen LogP) is 2.79. The van der Waals surface area contributed by atoms with E-state index >= 15 is 0 Å². The van der Waals surface area contributed by atoms with Crippen molar-refractivity contribution < 1.29 is 4.79 Å². The van der Waals surface area contributed by atoms with Crippen molar-refractivity contribution in [3.8, 4) is 0 Å². The van der Waals surface area contributed by atoms with E-state index in [0.29, 0.717) is 0 Å². The first-order chi connectivity index (χ1) is 8.68. The zero-order valence-corrected chi connectivity index (χ0v) is 13.5. The monoisotopic (exact) mass is 265 g/mol. The van der Waals surface area contributed by atoms with E-state index in [0.717, 1.165) is 17.0 Å². The van der Waals surface area contributed by atoms with Gasteiger partial charge in [0.2, 0.25) is 5.91 Å². The van der Waals surface area contributed by atoms with Crippen LogP contribution in [-0.4, -0.2) is 32.7 Å². The Morgan fingerprint density at radius 1 is 1.11 bits per heavy atom. The van der Waals surface area contributed by atoms with Gasteiger partial charge in [-0.1, -0.05) is 0 Å². The van der Waals surface area contributed by atoms with Crippen LogP contribution in [0.15, 0.2) is 0 Å². The summed E-state index contributed by atoms with van der Waals surface area (Å²) >= 11 is 0. The minimum Gasteiger partial charge on any atom is -0.337 e. The van der Waals surface area contributed by atoms with Gasteiger partial charge in [-0.15, -0.1) is 0 Å². The van der Waals surface area contributed by atoms with E-state index in [1.54, 1.807) is 0 Å². The summed E-state index contributed by atoms with van der Waals surface area (Å²) in [6.07, 6.45) is 0. The van der Waals surface area contributed by atoms with Crippen LogP contribution in [0, 0.1) is 13.8 Å². The molecule has 1 heterocycles. The molecule has 1 atom stereocenters. The number of hydrogen-bond acceptors (Lipinski definition) is 2. The van der Waals surface area contributed by atoms with Crippen LogP contribution in [0.5, 0.6) is 0 Å². The van der Waals surface area contributed by atoms with E-state index in [4.69, 9.17) is 0 Å². The van der Waals surface area contributed by atoms with Crippen LogP contribution >= 0.6 is 0 Å². The van der Waals surface area contributed by atoms with Crippen LogP contribution in [-0.2, 0) is 11.8 Å². The number of aromatic nitrogens is 2. The lowest BCUT2D eigenvalue weighted by atomic mass is 9.96. The molecule has 0 aliphatic rings. The van der Waals surface area contributed by atoms with E-state index < -0.39 is 0 Å². The summed E-state index contributed by atoms with van der Waals surface area (Å²) in [6.45, 7) is 14.2. The number of amides is 1. The van der Waals surface area contributed by atoms with Gasteiger partial charge in [-0.3, -0.25) is 9.48 Å². The number of nitrogens with zero attached hydrogens (tertiary/aromatic N) is 3. The van der Waals surface area contributed by atoms with Gasteiger partial charge in [0.15, 0.2) is 0 Å². The summed E-state index contributed by atoms with van der Waals surface area (Å²) in [5, 5.41) is 4.41. The normalized spacial score (nSPS) is 13.2. The van der Waals surface area contributed by atoms with E-state index in [2.05, 4.69) is 32.8 Å². The summed E-state index contributed by atoms with van der Waals surface area (Å²) in [4.78, 5) is 14.7. The Hall–Kier alpha value is -1.32. The first-order valence-corrected chi connectivity index (χ1v) is 7.00. The molecular weight excluding hydrogens is 238 g/mol. The Morgan fingerprint density at radius 2 is 1.58 bits per heavy atom. The largest absolute Gasteiger partial charge is 0.337 e. The molecule has 0 N–H and O–H groups in total. The lowest BCUT2D eigenvalue weighted by Crippen LogP contribution is -2.44. The molecule has 0 radical (unpaired) electrons. The lowest BCUT2D eigenvalue weighted by molar-refractivity contribution is -0.136. The standard InChI is InChI=1S/C15H27N3O/c1-9(2)18(10(3)4)15(19)11(5)14-12(6)16-17(8)13(14)7/h9-11H,1-8H3. The second-order valence-electron chi connectivity index (χ2n) is 5.86. The van der Waals surface area contributed by atoms with Crippen molar-refractivity contribution in [3.63, 3.8) is 0 Å². The highest BCUT2D eigenvalue weighted by Crippen LogP contribution is 2.26. The van der Waals surface area contributed by atoms with Crippen molar-refractivity contribution in [2.45, 2.75) is 66.5 Å². The van der Waals surface area contributed by atoms with E-state index in [-0.39, 0.29) is 23.9 Å². The van der Waals surface area contributed by atoms with Gasteiger partial charge in [-0.05, 0) is 48.5 Å². The highest BCUT2D eigenvalue weighted by atomic mass is 16.2. The zero-order chi connectivity index (χ0) is 14.9. The molecule has 0 saturated heterocycles. The zero-order valence-electron chi connectivity index (χ0n) is 13.5. The molecule has 0 aliphatic heterocycles. The summed E-state index contributed by atoms with van der Waals surface area (Å²) in [7, 11) is 1.92. The third-order valence-corrected chi connectivity index (χ3v) is 3.74. The van der Waals surface area contributed by atoms with Crippen LogP contribution < -0.4 is 0 Å². The molecule has 0 aromatic carbocycles. The molecule has 0 spiro atoms. The Bertz CT molecular complexity index is 452. The van der Waals surface area contributed by atoms with Crippen molar-refractivity contribution in [2.24, 2.45) is 7.05 Å². The molecule has 0 bridgehead atoms. The molecule has 0 saturated carbocycles. The Kier molecular flexibility index (Phi) is 4.77. The number of carbonyl (C=O) groups is 1. The molecule has 1 unspecified atom stereocenters.